The van der Waals surface area contributed by atoms with Gasteiger partial charge < -0.3 is 20.1 Å². The van der Waals surface area contributed by atoms with Crippen molar-refractivity contribution in [1.29, 1.82) is 0 Å². The molecule has 1 fully saturated rings. The van der Waals surface area contributed by atoms with Gasteiger partial charge in [0.1, 0.15) is 12.2 Å². The molecule has 3 N–H and O–H groups in total. The molecule has 1 saturated heterocycles. The van der Waals surface area contributed by atoms with E-state index in [0.29, 0.717) is 0 Å². The summed E-state index contributed by atoms with van der Waals surface area (Å²) in [4.78, 5) is 0. The standard InChI is InChI=1S/C10H12O4/c1-3-6-8(5-11)14-7(4-2)10(13)9(6)12/h1-2,6-13H,5H2/t6-,7?,8-,9+,10+/m1/s1. The van der Waals surface area contributed by atoms with E-state index in [0.717, 1.165) is 0 Å². The van der Waals surface area contributed by atoms with E-state index in [1.54, 1.807) is 0 Å². The van der Waals surface area contributed by atoms with Crippen molar-refractivity contribution in [2.45, 2.75) is 24.4 Å². The van der Waals surface area contributed by atoms with E-state index in [1.807, 2.05) is 0 Å². The average molecular weight is 196 g/mol. The Morgan fingerprint density at radius 1 is 1.14 bits per heavy atom. The highest BCUT2D eigenvalue weighted by molar-refractivity contribution is 5.12. The first-order chi connectivity index (χ1) is 6.65. The minimum Gasteiger partial charge on any atom is -0.394 e. The molecule has 1 aliphatic heterocycles. The van der Waals surface area contributed by atoms with Crippen LogP contribution in [0.15, 0.2) is 0 Å². The molecule has 0 bridgehead atoms. The van der Waals surface area contributed by atoms with Gasteiger partial charge in [-0.2, -0.15) is 0 Å². The number of hydrogen-bond acceptors (Lipinski definition) is 4. The maximum Gasteiger partial charge on any atom is 0.146 e. The first-order valence-corrected chi connectivity index (χ1v) is 4.20. The van der Waals surface area contributed by atoms with Crippen LogP contribution < -0.4 is 0 Å². The summed E-state index contributed by atoms with van der Waals surface area (Å²) in [6.45, 7) is -0.336. The lowest BCUT2D eigenvalue weighted by atomic mass is 9.87. The molecule has 4 nitrogen and oxygen atoms in total. The van der Waals surface area contributed by atoms with Crippen LogP contribution >= 0.6 is 0 Å². The Hall–Kier alpha value is -1.04. The highest BCUT2D eigenvalue weighted by Crippen LogP contribution is 2.25. The van der Waals surface area contributed by atoms with Gasteiger partial charge in [0.05, 0.1) is 24.7 Å². The van der Waals surface area contributed by atoms with E-state index in [1.165, 1.54) is 0 Å². The van der Waals surface area contributed by atoms with Crippen LogP contribution in [0.4, 0.5) is 0 Å². The van der Waals surface area contributed by atoms with Crippen molar-refractivity contribution in [1.82, 2.24) is 0 Å². The third-order valence-corrected chi connectivity index (χ3v) is 2.29. The SMILES string of the molecule is C#CC1O[C@H](CO)[C@@H](C#C)[C@H](O)[C@H]1O. The van der Waals surface area contributed by atoms with Crippen molar-refractivity contribution in [2.75, 3.05) is 6.61 Å². The fourth-order valence-corrected chi connectivity index (χ4v) is 1.47. The second-order valence-electron chi connectivity index (χ2n) is 3.12. The molecule has 1 heterocycles. The molecule has 76 valence electrons. The lowest BCUT2D eigenvalue weighted by Gasteiger charge is -2.38. The number of rotatable bonds is 1. The molecule has 0 aliphatic carbocycles. The van der Waals surface area contributed by atoms with E-state index < -0.39 is 30.3 Å². The molecule has 0 aromatic rings. The summed E-state index contributed by atoms with van der Waals surface area (Å²) in [5, 5.41) is 27.9. The third-order valence-electron chi connectivity index (χ3n) is 2.29. The van der Waals surface area contributed by atoms with Crippen LogP contribution in [0.2, 0.25) is 0 Å². The van der Waals surface area contributed by atoms with Crippen LogP contribution in [0.25, 0.3) is 0 Å². The lowest BCUT2D eigenvalue weighted by Crippen LogP contribution is -2.54. The Morgan fingerprint density at radius 3 is 2.21 bits per heavy atom. The van der Waals surface area contributed by atoms with Crippen LogP contribution in [0.1, 0.15) is 0 Å². The molecule has 4 heteroatoms. The fraction of sp³-hybridized carbons (Fsp3) is 0.600. The molecule has 1 rings (SSSR count). The summed E-state index contributed by atoms with van der Waals surface area (Å²) in [6.07, 6.45) is 6.21. The summed E-state index contributed by atoms with van der Waals surface area (Å²) in [5.41, 5.74) is 0. The van der Waals surface area contributed by atoms with Crippen molar-refractivity contribution in [3.63, 3.8) is 0 Å². The van der Waals surface area contributed by atoms with Crippen LogP contribution in [-0.2, 0) is 4.74 Å². The molecule has 1 unspecified atom stereocenters. The fourth-order valence-electron chi connectivity index (χ4n) is 1.47. The van der Waals surface area contributed by atoms with Gasteiger partial charge in [0.2, 0.25) is 0 Å². The predicted molar refractivity (Wildman–Crippen MR) is 48.9 cm³/mol. The van der Waals surface area contributed by atoms with Gasteiger partial charge in [-0.1, -0.05) is 11.8 Å². The highest BCUT2D eigenvalue weighted by atomic mass is 16.5. The van der Waals surface area contributed by atoms with Gasteiger partial charge in [0.25, 0.3) is 0 Å². The van der Waals surface area contributed by atoms with Crippen LogP contribution in [0, 0.1) is 30.6 Å². The second kappa shape index (κ2) is 4.45. The maximum absolute atomic E-state index is 9.56. The van der Waals surface area contributed by atoms with E-state index in [-0.39, 0.29) is 6.61 Å². The Kier molecular flexibility index (Phi) is 3.51. The Morgan fingerprint density at radius 2 is 1.79 bits per heavy atom. The molecular formula is C10H12O4. The van der Waals surface area contributed by atoms with Crippen molar-refractivity contribution in [3.05, 3.63) is 0 Å². The van der Waals surface area contributed by atoms with E-state index in [2.05, 4.69) is 11.8 Å². The number of aliphatic hydroxyl groups is 3. The summed E-state index contributed by atoms with van der Waals surface area (Å²) >= 11 is 0. The molecule has 0 spiro atoms. The van der Waals surface area contributed by atoms with Gasteiger partial charge in [-0.15, -0.1) is 12.8 Å². The summed E-state index contributed by atoms with van der Waals surface area (Å²) in [7, 11) is 0. The Balaban J connectivity index is 2.84. The van der Waals surface area contributed by atoms with E-state index in [9.17, 15) is 10.2 Å². The van der Waals surface area contributed by atoms with Gasteiger partial charge in [-0.25, -0.2) is 0 Å². The first-order valence-electron chi connectivity index (χ1n) is 4.20. The number of aliphatic hydroxyl groups excluding tert-OH is 3. The molecule has 14 heavy (non-hydrogen) atoms. The van der Waals surface area contributed by atoms with Crippen molar-refractivity contribution >= 4 is 0 Å². The van der Waals surface area contributed by atoms with Crippen LogP contribution in [-0.4, -0.2) is 46.3 Å². The molecule has 0 aromatic heterocycles. The normalized spacial score (nSPS) is 42.5. The highest BCUT2D eigenvalue weighted by Gasteiger charge is 2.42. The van der Waals surface area contributed by atoms with Gasteiger partial charge >= 0.3 is 0 Å². The number of terminal acetylenes is 2. The maximum atomic E-state index is 9.56. The largest absolute Gasteiger partial charge is 0.394 e. The number of hydrogen-bond donors (Lipinski definition) is 3. The van der Waals surface area contributed by atoms with Gasteiger partial charge in [-0.05, 0) is 0 Å². The molecule has 1 aliphatic rings. The monoisotopic (exact) mass is 196 g/mol. The number of ether oxygens (including phenoxy) is 1. The summed E-state index contributed by atoms with van der Waals surface area (Å²) in [5.74, 6) is 3.71. The van der Waals surface area contributed by atoms with Gasteiger partial charge in [0, 0.05) is 0 Å². The summed E-state index contributed by atoms with van der Waals surface area (Å²) in [6, 6.07) is 0. The van der Waals surface area contributed by atoms with Crippen molar-refractivity contribution in [3.8, 4) is 24.7 Å². The minimum absolute atomic E-state index is 0.336. The van der Waals surface area contributed by atoms with Crippen molar-refractivity contribution in [2.24, 2.45) is 5.92 Å². The zero-order valence-electron chi connectivity index (χ0n) is 7.50. The quantitative estimate of drug-likeness (QED) is 0.439. The Labute approximate surface area is 82.5 Å². The predicted octanol–water partition coefficient (Wildman–Crippen LogP) is -1.65. The van der Waals surface area contributed by atoms with Gasteiger partial charge in [0.15, 0.2) is 0 Å². The van der Waals surface area contributed by atoms with Crippen LogP contribution in [0.5, 0.6) is 0 Å². The minimum atomic E-state index is -1.20. The zero-order valence-corrected chi connectivity index (χ0v) is 7.50. The molecule has 0 amide bonds. The molecule has 0 saturated carbocycles. The first kappa shape index (κ1) is 11.0. The molecular weight excluding hydrogens is 184 g/mol. The lowest BCUT2D eigenvalue weighted by molar-refractivity contribution is -0.177. The Bertz CT molecular complexity index is 273. The second-order valence-corrected chi connectivity index (χ2v) is 3.12. The summed E-state index contributed by atoms with van der Waals surface area (Å²) < 4.78 is 5.13. The van der Waals surface area contributed by atoms with Gasteiger partial charge in [-0.3, -0.25) is 0 Å². The molecule has 5 atom stereocenters. The van der Waals surface area contributed by atoms with Crippen molar-refractivity contribution < 1.29 is 20.1 Å². The average Bonchev–Trinajstić information content (AvgIpc) is 2.21. The third kappa shape index (κ3) is 1.75. The molecule has 0 aromatic carbocycles. The topological polar surface area (TPSA) is 69.9 Å². The van der Waals surface area contributed by atoms with E-state index >= 15 is 0 Å². The van der Waals surface area contributed by atoms with Crippen LogP contribution in [0.3, 0.4) is 0 Å². The smallest absolute Gasteiger partial charge is 0.146 e. The zero-order chi connectivity index (χ0) is 10.7. The van der Waals surface area contributed by atoms with E-state index in [4.69, 9.17) is 22.7 Å². The molecule has 0 radical (unpaired) electrons.